The van der Waals surface area contributed by atoms with Gasteiger partial charge in [0, 0.05) is 16.5 Å². The Labute approximate surface area is 115 Å². The van der Waals surface area contributed by atoms with Crippen LogP contribution in [0.5, 0.6) is 5.75 Å². The summed E-state index contributed by atoms with van der Waals surface area (Å²) >= 11 is 2.32. The van der Waals surface area contributed by atoms with Crippen molar-refractivity contribution in [2.45, 2.75) is 18.8 Å². The van der Waals surface area contributed by atoms with Crippen LogP contribution in [0.4, 0.5) is 0 Å². The highest BCUT2D eigenvalue weighted by Crippen LogP contribution is 2.33. The summed E-state index contributed by atoms with van der Waals surface area (Å²) in [6.07, 6.45) is 1.80. The van der Waals surface area contributed by atoms with Crippen LogP contribution in [0.2, 0.25) is 0 Å². The van der Waals surface area contributed by atoms with Crippen molar-refractivity contribution in [3.05, 3.63) is 29.8 Å². The summed E-state index contributed by atoms with van der Waals surface area (Å²) in [6, 6.07) is 7.81. The van der Waals surface area contributed by atoms with E-state index in [0.717, 1.165) is 35.1 Å². The summed E-state index contributed by atoms with van der Waals surface area (Å²) in [5.74, 6) is 0.938. The molecule has 3 nitrogen and oxygen atoms in total. The molecule has 1 aliphatic rings. The van der Waals surface area contributed by atoms with Crippen molar-refractivity contribution in [3.8, 4) is 5.75 Å². The highest BCUT2D eigenvalue weighted by molar-refractivity contribution is 14.1. The molecule has 1 N–H and O–H groups in total. The lowest BCUT2D eigenvalue weighted by molar-refractivity contribution is -0.123. The minimum atomic E-state index is -0.0471. The average Bonchev–Trinajstić information content (AvgIpc) is 2.38. The van der Waals surface area contributed by atoms with Gasteiger partial charge < -0.3 is 10.1 Å². The van der Waals surface area contributed by atoms with Crippen LogP contribution in [0.15, 0.2) is 24.3 Å². The summed E-state index contributed by atoms with van der Waals surface area (Å²) < 4.78 is 6.62. The number of carbonyl (C=O) groups is 1. The second-order valence-electron chi connectivity index (χ2n) is 4.06. The van der Waals surface area contributed by atoms with Gasteiger partial charge in [0.2, 0.25) is 5.91 Å². The minimum Gasteiger partial charge on any atom is -0.493 e. The van der Waals surface area contributed by atoms with Crippen LogP contribution in [0, 0.1) is 0 Å². The summed E-state index contributed by atoms with van der Waals surface area (Å²) in [6.45, 7) is 1.39. The molecule has 1 unspecified atom stereocenters. The van der Waals surface area contributed by atoms with Gasteiger partial charge in [0.25, 0.3) is 0 Å². The first-order chi connectivity index (χ1) is 8.33. The number of ether oxygens (including phenoxy) is 1. The van der Waals surface area contributed by atoms with Gasteiger partial charge in [0.15, 0.2) is 0 Å². The number of hydrogen-bond donors (Lipinski definition) is 1. The molecule has 0 fully saturated rings. The number of para-hydroxylation sites is 1. The number of alkyl halides is 1. The van der Waals surface area contributed by atoms with Crippen LogP contribution >= 0.6 is 22.6 Å². The maximum atomic E-state index is 12.1. The van der Waals surface area contributed by atoms with Crippen molar-refractivity contribution in [2.24, 2.45) is 0 Å². The highest BCUT2D eigenvalue weighted by atomic mass is 127. The Morgan fingerprint density at radius 3 is 3.12 bits per heavy atom. The molecule has 1 aromatic carbocycles. The van der Waals surface area contributed by atoms with Gasteiger partial charge in [0.05, 0.1) is 12.5 Å². The van der Waals surface area contributed by atoms with E-state index in [4.69, 9.17) is 4.74 Å². The van der Waals surface area contributed by atoms with Crippen LogP contribution in [0.3, 0.4) is 0 Å². The third kappa shape index (κ3) is 3.12. The molecule has 0 radical (unpaired) electrons. The van der Waals surface area contributed by atoms with Crippen molar-refractivity contribution in [3.63, 3.8) is 0 Å². The Bertz CT molecular complexity index is 395. The van der Waals surface area contributed by atoms with Gasteiger partial charge in [-0.1, -0.05) is 40.8 Å². The average molecular weight is 345 g/mol. The fraction of sp³-hybridized carbons (Fsp3) is 0.462. The number of hydrogen-bond acceptors (Lipinski definition) is 2. The highest BCUT2D eigenvalue weighted by Gasteiger charge is 2.26. The van der Waals surface area contributed by atoms with Crippen LogP contribution in [-0.2, 0) is 4.79 Å². The van der Waals surface area contributed by atoms with E-state index in [1.54, 1.807) is 0 Å². The maximum absolute atomic E-state index is 12.1. The normalized spacial score (nSPS) is 18.1. The van der Waals surface area contributed by atoms with Gasteiger partial charge in [-0.25, -0.2) is 0 Å². The number of halogens is 1. The minimum absolute atomic E-state index is 0.0471. The smallest absolute Gasteiger partial charge is 0.227 e. The maximum Gasteiger partial charge on any atom is 0.227 e. The number of fused-ring (bicyclic) bond motifs is 1. The molecule has 0 aromatic heterocycles. The second kappa shape index (κ2) is 6.23. The van der Waals surface area contributed by atoms with Gasteiger partial charge >= 0.3 is 0 Å². The van der Waals surface area contributed by atoms with E-state index in [1.165, 1.54) is 0 Å². The third-order valence-corrected chi connectivity index (χ3v) is 3.65. The van der Waals surface area contributed by atoms with Crippen LogP contribution < -0.4 is 10.1 Å². The standard InChI is InChI=1S/C13H16INO2/c14-7-3-8-15-13(16)11-6-9-17-12-5-2-1-4-10(11)12/h1-2,4-5,11H,3,6-9H2,(H,15,16). The monoisotopic (exact) mass is 345 g/mol. The number of carbonyl (C=O) groups excluding carboxylic acids is 1. The molecule has 1 atom stereocenters. The van der Waals surface area contributed by atoms with Gasteiger partial charge in [-0.3, -0.25) is 4.79 Å². The predicted molar refractivity (Wildman–Crippen MR) is 75.8 cm³/mol. The lowest BCUT2D eigenvalue weighted by atomic mass is 9.92. The summed E-state index contributed by atoms with van der Waals surface area (Å²) in [4.78, 5) is 12.1. The van der Waals surface area contributed by atoms with Gasteiger partial charge in [-0.2, -0.15) is 0 Å². The molecule has 0 saturated heterocycles. The van der Waals surface area contributed by atoms with Crippen LogP contribution in [0.25, 0.3) is 0 Å². The molecule has 0 spiro atoms. The number of nitrogens with one attached hydrogen (secondary N) is 1. The first-order valence-corrected chi connectivity index (χ1v) is 7.41. The van der Waals surface area contributed by atoms with Crippen LogP contribution in [0.1, 0.15) is 24.3 Å². The summed E-state index contributed by atoms with van der Waals surface area (Å²) in [5, 5.41) is 2.99. The van der Waals surface area contributed by atoms with E-state index in [0.29, 0.717) is 6.61 Å². The zero-order valence-corrected chi connectivity index (χ0v) is 11.8. The zero-order valence-electron chi connectivity index (χ0n) is 9.62. The van der Waals surface area contributed by atoms with Crippen LogP contribution in [-0.4, -0.2) is 23.5 Å². The van der Waals surface area contributed by atoms with Gasteiger partial charge in [-0.15, -0.1) is 0 Å². The van der Waals surface area contributed by atoms with E-state index >= 15 is 0 Å². The Morgan fingerprint density at radius 1 is 1.47 bits per heavy atom. The van der Waals surface area contributed by atoms with E-state index in [9.17, 15) is 4.79 Å². The Morgan fingerprint density at radius 2 is 2.29 bits per heavy atom. The van der Waals surface area contributed by atoms with Crippen molar-refractivity contribution in [1.29, 1.82) is 0 Å². The molecule has 1 aliphatic heterocycles. The fourth-order valence-electron chi connectivity index (χ4n) is 2.02. The molecule has 92 valence electrons. The van der Waals surface area contributed by atoms with Gasteiger partial charge in [-0.05, 0) is 18.9 Å². The van der Waals surface area contributed by atoms with Gasteiger partial charge in [0.1, 0.15) is 5.75 Å². The van der Waals surface area contributed by atoms with E-state index < -0.39 is 0 Å². The molecular weight excluding hydrogens is 329 g/mol. The van der Waals surface area contributed by atoms with Crippen molar-refractivity contribution in [2.75, 3.05) is 17.6 Å². The second-order valence-corrected chi connectivity index (χ2v) is 5.14. The lowest BCUT2D eigenvalue weighted by Gasteiger charge is -2.25. The molecule has 1 amide bonds. The first-order valence-electron chi connectivity index (χ1n) is 5.88. The molecule has 4 heteroatoms. The Hall–Kier alpha value is -0.780. The van der Waals surface area contributed by atoms with Crippen molar-refractivity contribution >= 4 is 28.5 Å². The predicted octanol–water partition coefficient (Wildman–Crippen LogP) is 2.49. The van der Waals surface area contributed by atoms with Crippen molar-refractivity contribution < 1.29 is 9.53 Å². The molecular formula is C13H16INO2. The van der Waals surface area contributed by atoms with E-state index in [-0.39, 0.29) is 11.8 Å². The Kier molecular flexibility index (Phi) is 4.65. The number of rotatable bonds is 4. The molecule has 0 saturated carbocycles. The fourth-order valence-corrected chi connectivity index (χ4v) is 2.40. The van der Waals surface area contributed by atoms with E-state index in [2.05, 4.69) is 27.9 Å². The summed E-state index contributed by atoms with van der Waals surface area (Å²) in [5.41, 5.74) is 1.02. The third-order valence-electron chi connectivity index (χ3n) is 2.88. The Balaban J connectivity index is 2.05. The van der Waals surface area contributed by atoms with Crippen molar-refractivity contribution in [1.82, 2.24) is 5.32 Å². The number of amides is 1. The molecule has 0 aliphatic carbocycles. The zero-order chi connectivity index (χ0) is 12.1. The number of benzene rings is 1. The largest absolute Gasteiger partial charge is 0.493 e. The molecule has 1 aromatic rings. The molecule has 0 bridgehead atoms. The summed E-state index contributed by atoms with van der Waals surface area (Å²) in [7, 11) is 0. The molecule has 17 heavy (non-hydrogen) atoms. The SMILES string of the molecule is O=C(NCCCI)C1CCOc2ccccc21. The molecule has 1 heterocycles. The lowest BCUT2D eigenvalue weighted by Crippen LogP contribution is -2.33. The molecule has 2 rings (SSSR count). The first kappa shape index (κ1) is 12.7. The van der Waals surface area contributed by atoms with E-state index in [1.807, 2.05) is 24.3 Å². The topological polar surface area (TPSA) is 38.3 Å². The quantitative estimate of drug-likeness (QED) is 0.517.